The Morgan fingerprint density at radius 2 is 2.10 bits per heavy atom. The van der Waals surface area contributed by atoms with Crippen molar-refractivity contribution in [2.45, 2.75) is 19.8 Å². The quantitative estimate of drug-likeness (QED) is 0.341. The second kappa shape index (κ2) is 9.63. The highest BCUT2D eigenvalue weighted by atomic mass is 127. The molecule has 0 bridgehead atoms. The van der Waals surface area contributed by atoms with Crippen LogP contribution in [0.15, 0.2) is 41.4 Å². The van der Waals surface area contributed by atoms with E-state index in [9.17, 15) is 0 Å². The molecule has 0 heterocycles. The van der Waals surface area contributed by atoms with E-state index in [-0.39, 0.29) is 29.9 Å². The third-order valence-corrected chi connectivity index (χ3v) is 2.78. The van der Waals surface area contributed by atoms with Crippen molar-refractivity contribution < 1.29 is 4.74 Å². The van der Waals surface area contributed by atoms with Crippen molar-refractivity contribution in [2.75, 3.05) is 20.2 Å². The van der Waals surface area contributed by atoms with Crippen LogP contribution in [0.5, 0.6) is 5.75 Å². The molecular formula is C15H24IN3O. The van der Waals surface area contributed by atoms with E-state index in [1.807, 2.05) is 25.1 Å². The zero-order chi connectivity index (χ0) is 14.3. The molecular weight excluding hydrogens is 365 g/mol. The standard InChI is InChI=1S/C15H23N3O.HI/c1-11(2)9-17-15(16)18-10-12(3)13-7-5-6-8-14(13)19-4;/h5-8,12H,1,9-10H2,2-4H3,(H3,16,17,18);1H. The Kier molecular flexibility index (Phi) is 9.03. The van der Waals surface area contributed by atoms with Gasteiger partial charge in [0, 0.05) is 19.0 Å². The first-order chi connectivity index (χ1) is 9.04. The number of guanidine groups is 1. The number of benzene rings is 1. The third kappa shape index (κ3) is 6.27. The molecule has 0 aromatic heterocycles. The summed E-state index contributed by atoms with van der Waals surface area (Å²) in [5.74, 6) is 1.59. The van der Waals surface area contributed by atoms with Crippen LogP contribution in [0.3, 0.4) is 0 Å². The molecule has 1 unspecified atom stereocenters. The largest absolute Gasteiger partial charge is 0.496 e. The van der Waals surface area contributed by atoms with Gasteiger partial charge in [0.15, 0.2) is 5.96 Å². The van der Waals surface area contributed by atoms with E-state index in [2.05, 4.69) is 29.9 Å². The molecule has 0 spiro atoms. The summed E-state index contributed by atoms with van der Waals surface area (Å²) < 4.78 is 5.35. The average molecular weight is 389 g/mol. The Balaban J connectivity index is 0.00000361. The van der Waals surface area contributed by atoms with Crippen LogP contribution in [0.2, 0.25) is 0 Å². The zero-order valence-corrected chi connectivity index (χ0v) is 14.7. The maximum absolute atomic E-state index is 5.79. The molecule has 0 radical (unpaired) electrons. The molecule has 20 heavy (non-hydrogen) atoms. The van der Waals surface area contributed by atoms with E-state index >= 15 is 0 Å². The number of halogens is 1. The van der Waals surface area contributed by atoms with Gasteiger partial charge in [0.05, 0.1) is 7.11 Å². The SMILES string of the molecule is C=C(C)CNC(N)=NCC(C)c1ccccc1OC.I. The average Bonchev–Trinajstić information content (AvgIpc) is 2.42. The monoisotopic (exact) mass is 389 g/mol. The van der Waals surface area contributed by atoms with Gasteiger partial charge in [-0.2, -0.15) is 0 Å². The van der Waals surface area contributed by atoms with E-state index in [0.717, 1.165) is 16.9 Å². The predicted octanol–water partition coefficient (Wildman–Crippen LogP) is 2.90. The van der Waals surface area contributed by atoms with Gasteiger partial charge in [0.2, 0.25) is 0 Å². The summed E-state index contributed by atoms with van der Waals surface area (Å²) in [6.07, 6.45) is 0. The number of hydrogen-bond donors (Lipinski definition) is 2. The Morgan fingerprint density at radius 3 is 2.70 bits per heavy atom. The molecule has 1 aromatic carbocycles. The molecule has 112 valence electrons. The van der Waals surface area contributed by atoms with Gasteiger partial charge in [0.25, 0.3) is 0 Å². The molecule has 0 fully saturated rings. The van der Waals surface area contributed by atoms with Crippen LogP contribution in [0.1, 0.15) is 25.3 Å². The molecule has 5 heteroatoms. The summed E-state index contributed by atoms with van der Waals surface area (Å²) >= 11 is 0. The molecule has 1 aromatic rings. The van der Waals surface area contributed by atoms with Crippen molar-refractivity contribution in [1.82, 2.24) is 5.32 Å². The lowest BCUT2D eigenvalue weighted by Crippen LogP contribution is -2.33. The second-order valence-electron chi connectivity index (χ2n) is 4.68. The lowest BCUT2D eigenvalue weighted by atomic mass is 10.0. The van der Waals surface area contributed by atoms with Crippen LogP contribution in [-0.2, 0) is 0 Å². The number of nitrogens with zero attached hydrogens (tertiary/aromatic N) is 1. The van der Waals surface area contributed by atoms with E-state index in [1.165, 1.54) is 0 Å². The van der Waals surface area contributed by atoms with Crippen LogP contribution in [-0.4, -0.2) is 26.2 Å². The van der Waals surface area contributed by atoms with Crippen LogP contribution in [0, 0.1) is 0 Å². The fraction of sp³-hybridized carbons (Fsp3) is 0.400. The zero-order valence-electron chi connectivity index (χ0n) is 12.3. The topological polar surface area (TPSA) is 59.6 Å². The number of hydrogen-bond acceptors (Lipinski definition) is 2. The van der Waals surface area contributed by atoms with Crippen molar-refractivity contribution in [1.29, 1.82) is 0 Å². The van der Waals surface area contributed by atoms with Crippen LogP contribution in [0.25, 0.3) is 0 Å². The van der Waals surface area contributed by atoms with Gasteiger partial charge in [-0.25, -0.2) is 0 Å². The number of rotatable bonds is 6. The summed E-state index contributed by atoms with van der Waals surface area (Å²) in [6.45, 7) is 9.12. The summed E-state index contributed by atoms with van der Waals surface area (Å²) in [5.41, 5.74) is 7.95. The first-order valence-electron chi connectivity index (χ1n) is 6.35. The fourth-order valence-electron chi connectivity index (χ4n) is 1.70. The van der Waals surface area contributed by atoms with Gasteiger partial charge in [-0.1, -0.05) is 37.3 Å². The summed E-state index contributed by atoms with van der Waals surface area (Å²) in [5, 5.41) is 3.01. The van der Waals surface area contributed by atoms with Crippen LogP contribution >= 0.6 is 24.0 Å². The molecule has 0 saturated heterocycles. The highest BCUT2D eigenvalue weighted by Gasteiger charge is 2.10. The molecule has 1 atom stereocenters. The molecule has 0 aliphatic carbocycles. The van der Waals surface area contributed by atoms with Gasteiger partial charge in [-0.15, -0.1) is 24.0 Å². The molecule has 0 aliphatic heterocycles. The van der Waals surface area contributed by atoms with Crippen molar-refractivity contribution in [2.24, 2.45) is 10.7 Å². The molecule has 4 nitrogen and oxygen atoms in total. The third-order valence-electron chi connectivity index (χ3n) is 2.78. The van der Waals surface area contributed by atoms with Crippen LogP contribution < -0.4 is 15.8 Å². The van der Waals surface area contributed by atoms with Gasteiger partial charge in [-0.3, -0.25) is 4.99 Å². The normalized spacial score (nSPS) is 12.2. The number of ether oxygens (including phenoxy) is 1. The first-order valence-corrected chi connectivity index (χ1v) is 6.35. The Bertz CT molecular complexity index is 460. The minimum Gasteiger partial charge on any atom is -0.496 e. The van der Waals surface area contributed by atoms with Crippen molar-refractivity contribution >= 4 is 29.9 Å². The molecule has 3 N–H and O–H groups in total. The van der Waals surface area contributed by atoms with E-state index < -0.39 is 0 Å². The smallest absolute Gasteiger partial charge is 0.188 e. The summed E-state index contributed by atoms with van der Waals surface area (Å²) in [7, 11) is 1.68. The van der Waals surface area contributed by atoms with Gasteiger partial charge in [-0.05, 0) is 18.6 Å². The van der Waals surface area contributed by atoms with Gasteiger partial charge < -0.3 is 15.8 Å². The highest BCUT2D eigenvalue weighted by molar-refractivity contribution is 14.0. The van der Waals surface area contributed by atoms with E-state index in [1.54, 1.807) is 7.11 Å². The molecule has 0 aliphatic rings. The highest BCUT2D eigenvalue weighted by Crippen LogP contribution is 2.26. The molecule has 0 saturated carbocycles. The van der Waals surface area contributed by atoms with Crippen molar-refractivity contribution in [3.05, 3.63) is 42.0 Å². The minimum absolute atomic E-state index is 0. The van der Waals surface area contributed by atoms with Crippen molar-refractivity contribution in [3.63, 3.8) is 0 Å². The maximum atomic E-state index is 5.79. The molecule has 1 rings (SSSR count). The second-order valence-corrected chi connectivity index (χ2v) is 4.68. The first kappa shape index (κ1) is 18.8. The summed E-state index contributed by atoms with van der Waals surface area (Å²) in [6, 6.07) is 7.97. The van der Waals surface area contributed by atoms with Crippen LogP contribution in [0.4, 0.5) is 0 Å². The van der Waals surface area contributed by atoms with E-state index in [4.69, 9.17) is 10.5 Å². The van der Waals surface area contributed by atoms with E-state index in [0.29, 0.717) is 19.0 Å². The molecule has 0 amide bonds. The van der Waals surface area contributed by atoms with Gasteiger partial charge in [0.1, 0.15) is 5.75 Å². The minimum atomic E-state index is 0. The maximum Gasteiger partial charge on any atom is 0.188 e. The number of methoxy groups -OCH3 is 1. The Hall–Kier alpha value is -1.24. The summed E-state index contributed by atoms with van der Waals surface area (Å²) in [4.78, 5) is 4.33. The van der Waals surface area contributed by atoms with Crippen molar-refractivity contribution in [3.8, 4) is 5.75 Å². The number of aliphatic imine (C=N–C) groups is 1. The number of nitrogens with two attached hydrogens (primary N) is 1. The number of para-hydroxylation sites is 1. The predicted molar refractivity (Wildman–Crippen MR) is 96.1 cm³/mol. The fourth-order valence-corrected chi connectivity index (χ4v) is 1.70. The lowest BCUT2D eigenvalue weighted by molar-refractivity contribution is 0.407. The Morgan fingerprint density at radius 1 is 1.45 bits per heavy atom. The lowest BCUT2D eigenvalue weighted by Gasteiger charge is -2.14. The number of nitrogens with one attached hydrogen (secondary N) is 1. The Labute approximate surface area is 138 Å². The van der Waals surface area contributed by atoms with Gasteiger partial charge >= 0.3 is 0 Å².